The van der Waals surface area contributed by atoms with Gasteiger partial charge in [-0.1, -0.05) is 26.0 Å². The second-order valence-electron chi connectivity index (χ2n) is 5.42. The molecule has 1 heterocycles. The van der Waals surface area contributed by atoms with Crippen LogP contribution < -0.4 is 5.56 Å². The average molecular weight is 289 g/mol. The van der Waals surface area contributed by atoms with Crippen molar-refractivity contribution < 1.29 is 9.13 Å². The van der Waals surface area contributed by atoms with Crippen molar-refractivity contribution in [2.24, 2.45) is 7.05 Å². The molecule has 0 bridgehead atoms. The molecule has 0 atom stereocenters. The molecule has 21 heavy (non-hydrogen) atoms. The van der Waals surface area contributed by atoms with E-state index in [1.54, 1.807) is 30.9 Å². The molecule has 2 aromatic rings. The zero-order valence-corrected chi connectivity index (χ0v) is 12.8. The number of ether oxygens (including phenoxy) is 1. The van der Waals surface area contributed by atoms with Crippen LogP contribution in [0.2, 0.25) is 0 Å². The van der Waals surface area contributed by atoms with Gasteiger partial charge in [0.1, 0.15) is 5.82 Å². The fourth-order valence-electron chi connectivity index (χ4n) is 2.49. The van der Waals surface area contributed by atoms with E-state index in [0.29, 0.717) is 5.56 Å². The summed E-state index contributed by atoms with van der Waals surface area (Å²) in [7, 11) is 3.33. The Hall–Kier alpha value is -1.94. The molecular formula is C17H20FNO2. The lowest BCUT2D eigenvalue weighted by molar-refractivity contribution is 0.183. The topological polar surface area (TPSA) is 31.2 Å². The molecule has 1 aromatic heterocycles. The summed E-state index contributed by atoms with van der Waals surface area (Å²) in [6.07, 6.45) is 0. The Morgan fingerprint density at radius 2 is 1.86 bits per heavy atom. The Labute approximate surface area is 124 Å². The number of halogens is 1. The maximum Gasteiger partial charge on any atom is 0.256 e. The zero-order valence-electron chi connectivity index (χ0n) is 12.8. The molecular weight excluding hydrogens is 269 g/mol. The van der Waals surface area contributed by atoms with E-state index in [4.69, 9.17) is 4.74 Å². The zero-order chi connectivity index (χ0) is 15.6. The van der Waals surface area contributed by atoms with E-state index in [0.717, 1.165) is 16.8 Å². The predicted molar refractivity (Wildman–Crippen MR) is 81.9 cm³/mol. The summed E-state index contributed by atoms with van der Waals surface area (Å²) in [4.78, 5) is 12.6. The molecule has 0 saturated carbocycles. The van der Waals surface area contributed by atoms with Crippen molar-refractivity contribution in [3.05, 3.63) is 57.8 Å². The van der Waals surface area contributed by atoms with Crippen LogP contribution in [0.25, 0.3) is 11.1 Å². The maximum atomic E-state index is 13.1. The second kappa shape index (κ2) is 6.22. The first kappa shape index (κ1) is 15.4. The van der Waals surface area contributed by atoms with E-state index in [1.807, 2.05) is 19.9 Å². The molecule has 0 fully saturated rings. The maximum absolute atomic E-state index is 13.1. The summed E-state index contributed by atoms with van der Waals surface area (Å²) in [6, 6.07) is 8.17. The van der Waals surface area contributed by atoms with Crippen LogP contribution in [0.5, 0.6) is 0 Å². The number of benzene rings is 1. The largest absolute Gasteiger partial charge is 0.380 e. The van der Waals surface area contributed by atoms with Crippen LogP contribution in [0.4, 0.5) is 4.39 Å². The third-order valence-electron chi connectivity index (χ3n) is 3.60. The number of hydrogen-bond acceptors (Lipinski definition) is 2. The van der Waals surface area contributed by atoms with Crippen molar-refractivity contribution in [1.82, 2.24) is 4.57 Å². The molecule has 0 aliphatic carbocycles. The third kappa shape index (κ3) is 3.05. The van der Waals surface area contributed by atoms with Crippen LogP contribution in [0.15, 0.2) is 35.1 Å². The minimum atomic E-state index is -0.292. The summed E-state index contributed by atoms with van der Waals surface area (Å²) in [5, 5.41) is 0. The Kier molecular flexibility index (Phi) is 4.58. The van der Waals surface area contributed by atoms with Gasteiger partial charge in [-0.15, -0.1) is 0 Å². The van der Waals surface area contributed by atoms with E-state index in [9.17, 15) is 9.18 Å². The molecule has 1 aromatic carbocycles. The first-order valence-electron chi connectivity index (χ1n) is 6.93. The quantitative estimate of drug-likeness (QED) is 0.863. The van der Waals surface area contributed by atoms with Crippen LogP contribution in [-0.2, 0) is 18.4 Å². The summed E-state index contributed by atoms with van der Waals surface area (Å²) in [5.41, 5.74) is 3.10. The number of hydrogen-bond donors (Lipinski definition) is 0. The number of rotatable bonds is 4. The third-order valence-corrected chi connectivity index (χ3v) is 3.60. The lowest BCUT2D eigenvalue weighted by Gasteiger charge is -2.17. The molecule has 3 nitrogen and oxygen atoms in total. The fourth-order valence-corrected chi connectivity index (χ4v) is 2.49. The van der Waals surface area contributed by atoms with Crippen LogP contribution >= 0.6 is 0 Å². The van der Waals surface area contributed by atoms with E-state index in [-0.39, 0.29) is 23.9 Å². The Balaban J connectivity index is 2.72. The Bertz CT molecular complexity index is 687. The highest BCUT2D eigenvalue weighted by Gasteiger charge is 2.16. The summed E-state index contributed by atoms with van der Waals surface area (Å²) in [5.74, 6) is -0.0709. The smallest absolute Gasteiger partial charge is 0.256 e. The van der Waals surface area contributed by atoms with Crippen molar-refractivity contribution in [3.63, 3.8) is 0 Å². The van der Waals surface area contributed by atoms with E-state index < -0.39 is 0 Å². The van der Waals surface area contributed by atoms with Gasteiger partial charge in [-0.2, -0.15) is 0 Å². The number of pyridine rings is 1. The van der Waals surface area contributed by atoms with Gasteiger partial charge in [-0.05, 0) is 35.2 Å². The lowest BCUT2D eigenvalue weighted by Crippen LogP contribution is -2.26. The van der Waals surface area contributed by atoms with Gasteiger partial charge in [0.25, 0.3) is 5.56 Å². The first-order chi connectivity index (χ1) is 9.95. The van der Waals surface area contributed by atoms with E-state index in [2.05, 4.69) is 0 Å². The molecule has 0 saturated heterocycles. The molecule has 0 N–H and O–H groups in total. The summed E-state index contributed by atoms with van der Waals surface area (Å²) in [6.45, 7) is 4.32. The van der Waals surface area contributed by atoms with Crippen LogP contribution in [0.3, 0.4) is 0 Å². The number of nitrogens with zero attached hydrogens (tertiary/aromatic N) is 1. The van der Waals surface area contributed by atoms with Crippen molar-refractivity contribution in [1.29, 1.82) is 0 Å². The minimum absolute atomic E-state index is 0.0672. The van der Waals surface area contributed by atoms with Gasteiger partial charge in [0.15, 0.2) is 0 Å². The van der Waals surface area contributed by atoms with E-state index >= 15 is 0 Å². The van der Waals surface area contributed by atoms with Gasteiger partial charge < -0.3 is 9.30 Å². The lowest BCUT2D eigenvalue weighted by atomic mass is 9.97. The van der Waals surface area contributed by atoms with Crippen LogP contribution in [-0.4, -0.2) is 11.7 Å². The highest BCUT2D eigenvalue weighted by molar-refractivity contribution is 5.67. The standard InChI is InChI=1S/C17H20FNO2/c1-11(2)16-9-14(12-5-7-13(18)8-6-12)15(10-21-4)17(20)19(16)3/h5-9,11H,10H2,1-4H3. The number of aromatic nitrogens is 1. The predicted octanol–water partition coefficient (Wildman–Crippen LogP) is 3.46. The van der Waals surface area contributed by atoms with Crippen molar-refractivity contribution in [2.45, 2.75) is 26.4 Å². The molecule has 0 radical (unpaired) electrons. The highest BCUT2D eigenvalue weighted by Crippen LogP contribution is 2.26. The molecule has 112 valence electrons. The molecule has 4 heteroatoms. The highest BCUT2D eigenvalue weighted by atomic mass is 19.1. The van der Waals surface area contributed by atoms with E-state index in [1.165, 1.54) is 12.1 Å². The van der Waals surface area contributed by atoms with Crippen molar-refractivity contribution in [3.8, 4) is 11.1 Å². The minimum Gasteiger partial charge on any atom is -0.380 e. The Morgan fingerprint density at radius 3 is 2.38 bits per heavy atom. The number of methoxy groups -OCH3 is 1. The van der Waals surface area contributed by atoms with Gasteiger partial charge in [-0.25, -0.2) is 4.39 Å². The van der Waals surface area contributed by atoms with Gasteiger partial charge in [-0.3, -0.25) is 4.79 Å². The summed E-state index contributed by atoms with van der Waals surface area (Å²) >= 11 is 0. The molecule has 0 unspecified atom stereocenters. The van der Waals surface area contributed by atoms with Crippen LogP contribution in [0.1, 0.15) is 31.0 Å². The second-order valence-corrected chi connectivity index (χ2v) is 5.42. The van der Waals surface area contributed by atoms with Gasteiger partial charge in [0.05, 0.1) is 12.2 Å². The normalized spacial score (nSPS) is 11.1. The molecule has 0 aliphatic rings. The molecule has 2 rings (SSSR count). The van der Waals surface area contributed by atoms with Gasteiger partial charge >= 0.3 is 0 Å². The van der Waals surface area contributed by atoms with Crippen molar-refractivity contribution >= 4 is 0 Å². The van der Waals surface area contributed by atoms with Crippen molar-refractivity contribution in [2.75, 3.05) is 7.11 Å². The molecule has 0 spiro atoms. The summed E-state index contributed by atoms with van der Waals surface area (Å²) < 4.78 is 19.9. The van der Waals surface area contributed by atoms with Crippen LogP contribution in [0, 0.1) is 5.82 Å². The molecule has 0 amide bonds. The fraction of sp³-hybridized carbons (Fsp3) is 0.353. The van der Waals surface area contributed by atoms with Gasteiger partial charge in [0.2, 0.25) is 0 Å². The molecule has 0 aliphatic heterocycles. The first-order valence-corrected chi connectivity index (χ1v) is 6.93. The van der Waals surface area contributed by atoms with Gasteiger partial charge in [0, 0.05) is 19.9 Å². The SMILES string of the molecule is COCc1c(-c2ccc(F)cc2)cc(C(C)C)n(C)c1=O. The average Bonchev–Trinajstić information content (AvgIpc) is 2.45. The monoisotopic (exact) mass is 289 g/mol. The Morgan fingerprint density at radius 1 is 1.24 bits per heavy atom.